The second kappa shape index (κ2) is 16.2. The summed E-state index contributed by atoms with van der Waals surface area (Å²) >= 11 is 0. The van der Waals surface area contributed by atoms with Crippen molar-refractivity contribution in [2.24, 2.45) is 0 Å². The van der Waals surface area contributed by atoms with Crippen LogP contribution in [0.1, 0.15) is 11.1 Å². The maximum absolute atomic E-state index is 12.9. The van der Waals surface area contributed by atoms with Crippen LogP contribution in [0.2, 0.25) is 0 Å². The molecule has 79 heavy (non-hydrogen) atoms. The van der Waals surface area contributed by atoms with Gasteiger partial charge in [0.25, 0.3) is 0 Å². The van der Waals surface area contributed by atoms with E-state index in [0.29, 0.717) is 39.5 Å². The fraction of sp³-hybridized carbons (Fsp3) is 0. The van der Waals surface area contributed by atoms with Gasteiger partial charge in [-0.2, -0.15) is 10.5 Å². The third kappa shape index (κ3) is 5.77. The summed E-state index contributed by atoms with van der Waals surface area (Å²) in [7, 11) is 0. The molecule has 12 aromatic carbocycles. The van der Waals surface area contributed by atoms with Crippen molar-refractivity contribution in [3.8, 4) is 46.0 Å². The molecule has 0 fully saturated rings. The highest BCUT2D eigenvalue weighted by Crippen LogP contribution is 2.50. The van der Waals surface area contributed by atoms with Crippen LogP contribution >= 0.6 is 0 Å². The molecule has 0 aliphatic carbocycles. The Morgan fingerprint density at radius 3 is 1.14 bits per heavy atom. The minimum atomic E-state index is 0.377. The number of benzene rings is 12. The SMILES string of the molecule is N#Cc1c(-n2c3ccccc3c3ccccc32)c(-n2c3ccccc3c3ccccc32)c(C#N)c(-n2c3cc(-c4cccc5ccccc45)ccc3c3ccc4c5ccccc5oc4c32)c1-n1c2ccccc2c2ccccc21. The van der Waals surface area contributed by atoms with Crippen LogP contribution in [0.15, 0.2) is 247 Å². The fourth-order valence-electron chi connectivity index (χ4n) is 13.4. The Morgan fingerprint density at radius 1 is 0.291 bits per heavy atom. The maximum atomic E-state index is 12.9. The van der Waals surface area contributed by atoms with Crippen molar-refractivity contribution in [3.63, 3.8) is 0 Å². The molecule has 0 spiro atoms. The zero-order chi connectivity index (χ0) is 52.0. The summed E-state index contributed by atoms with van der Waals surface area (Å²) in [5.74, 6) is 0. The van der Waals surface area contributed by atoms with E-state index in [1.165, 1.54) is 0 Å². The number of hydrogen-bond donors (Lipinski definition) is 0. The molecule has 0 saturated carbocycles. The zero-order valence-electron chi connectivity index (χ0n) is 42.2. The Hall–Kier alpha value is -11.1. The van der Waals surface area contributed by atoms with Crippen molar-refractivity contribution in [1.82, 2.24) is 18.3 Å². The van der Waals surface area contributed by atoms with E-state index in [1.54, 1.807) is 0 Å². The maximum Gasteiger partial charge on any atom is 0.160 e. The van der Waals surface area contributed by atoms with Crippen LogP contribution in [-0.4, -0.2) is 18.3 Å². The predicted octanol–water partition coefficient (Wildman–Crippen LogP) is 18.5. The van der Waals surface area contributed by atoms with Gasteiger partial charge in [0, 0.05) is 53.9 Å². The number of aromatic nitrogens is 4. The Bertz CT molecular complexity index is 5440. The molecular weight excluding hydrogens is 965 g/mol. The van der Waals surface area contributed by atoms with Crippen molar-refractivity contribution in [3.05, 3.63) is 254 Å². The first kappa shape index (κ1) is 43.2. The van der Waals surface area contributed by atoms with Gasteiger partial charge in [0.15, 0.2) is 5.58 Å². The van der Waals surface area contributed by atoms with Crippen LogP contribution in [0.3, 0.4) is 0 Å². The van der Waals surface area contributed by atoms with E-state index in [0.717, 1.165) is 125 Å². The standard InChI is InChI=1S/C72H40N6O/c73-41-57-67(75-59-29-10-3-21-47(59)48-22-4-11-30-60(48)75)68(76-61-31-12-5-23-49(61)50-24-6-13-32-62(50)76)58(42-74)70(69(57)77-63-33-14-7-25-51(63)52-26-8-15-34-64(52)77)78-65-40-44(46-28-17-19-43-18-1-2-20-45(43)46)36-37-53(65)55-38-39-56-54-27-9-16-35-66(54)79-72(56)71(55)78/h1-40H. The lowest BCUT2D eigenvalue weighted by Gasteiger charge is -2.27. The van der Waals surface area contributed by atoms with E-state index >= 15 is 0 Å². The molecule has 0 unspecified atom stereocenters. The summed E-state index contributed by atoms with van der Waals surface area (Å²) in [6, 6.07) is 90.6. The average Bonchev–Trinajstić information content (AvgIpc) is 3.50. The lowest BCUT2D eigenvalue weighted by atomic mass is 9.97. The lowest BCUT2D eigenvalue weighted by molar-refractivity contribution is 0.671. The highest BCUT2D eigenvalue weighted by Gasteiger charge is 2.35. The third-order valence-corrected chi connectivity index (χ3v) is 16.6. The van der Waals surface area contributed by atoms with Crippen LogP contribution in [0.5, 0.6) is 0 Å². The summed E-state index contributed by atoms with van der Waals surface area (Å²) in [6.45, 7) is 0. The van der Waals surface area contributed by atoms with Gasteiger partial charge in [-0.25, -0.2) is 0 Å². The molecule has 364 valence electrons. The van der Waals surface area contributed by atoms with Gasteiger partial charge in [0.2, 0.25) is 0 Å². The van der Waals surface area contributed by atoms with E-state index in [1.807, 2.05) is 18.2 Å². The van der Waals surface area contributed by atoms with Crippen LogP contribution in [0.4, 0.5) is 0 Å². The second-order valence-electron chi connectivity index (χ2n) is 20.5. The lowest BCUT2D eigenvalue weighted by Crippen LogP contribution is -2.16. The molecule has 0 bridgehead atoms. The fourth-order valence-corrected chi connectivity index (χ4v) is 13.4. The van der Waals surface area contributed by atoms with Gasteiger partial charge in [0.1, 0.15) is 28.8 Å². The van der Waals surface area contributed by atoms with Crippen molar-refractivity contribution in [2.45, 2.75) is 0 Å². The van der Waals surface area contributed by atoms with E-state index in [2.05, 4.69) is 255 Å². The smallest absolute Gasteiger partial charge is 0.160 e. The molecule has 0 amide bonds. The second-order valence-corrected chi connectivity index (χ2v) is 20.5. The number of nitriles is 2. The van der Waals surface area contributed by atoms with Gasteiger partial charge < -0.3 is 22.7 Å². The van der Waals surface area contributed by atoms with Crippen LogP contribution < -0.4 is 0 Å². The van der Waals surface area contributed by atoms with Gasteiger partial charge in [-0.1, -0.05) is 188 Å². The first-order valence-corrected chi connectivity index (χ1v) is 26.6. The molecule has 0 aliphatic heterocycles. The van der Waals surface area contributed by atoms with E-state index < -0.39 is 0 Å². The van der Waals surface area contributed by atoms with Crippen molar-refractivity contribution < 1.29 is 4.42 Å². The van der Waals surface area contributed by atoms with Gasteiger partial charge in [-0.15, -0.1) is 0 Å². The number of para-hydroxylation sites is 7. The largest absolute Gasteiger partial charge is 0.454 e. The summed E-state index contributed by atoms with van der Waals surface area (Å²) in [5.41, 5.74) is 13.7. The van der Waals surface area contributed by atoms with E-state index in [4.69, 9.17) is 4.42 Å². The summed E-state index contributed by atoms with van der Waals surface area (Å²) < 4.78 is 16.2. The Kier molecular flexibility index (Phi) is 8.85. The number of rotatable bonds is 5. The quantitative estimate of drug-likeness (QED) is 0.172. The molecule has 0 radical (unpaired) electrons. The van der Waals surface area contributed by atoms with Gasteiger partial charge in [-0.05, 0) is 76.5 Å². The van der Waals surface area contributed by atoms with Crippen molar-refractivity contribution in [1.29, 1.82) is 10.5 Å². The first-order valence-electron chi connectivity index (χ1n) is 26.6. The summed E-state index contributed by atoms with van der Waals surface area (Å²) in [4.78, 5) is 0. The molecule has 7 heteroatoms. The van der Waals surface area contributed by atoms with Gasteiger partial charge in [0.05, 0.1) is 66.9 Å². The Morgan fingerprint density at radius 2 is 0.658 bits per heavy atom. The molecule has 7 nitrogen and oxygen atoms in total. The molecule has 5 aromatic heterocycles. The highest BCUT2D eigenvalue weighted by molar-refractivity contribution is 6.23. The van der Waals surface area contributed by atoms with E-state index in [-0.39, 0.29) is 0 Å². The molecule has 0 saturated heterocycles. The Balaban J connectivity index is 1.19. The number of furan rings is 1. The van der Waals surface area contributed by atoms with Crippen LogP contribution in [0, 0.1) is 22.7 Å². The topological polar surface area (TPSA) is 80.4 Å². The number of hydrogen-bond acceptors (Lipinski definition) is 3. The zero-order valence-corrected chi connectivity index (χ0v) is 42.2. The molecule has 0 atom stereocenters. The Labute approximate surface area is 450 Å². The molecular formula is C72H40N6O. The van der Waals surface area contributed by atoms with Crippen molar-refractivity contribution in [2.75, 3.05) is 0 Å². The minimum Gasteiger partial charge on any atom is -0.454 e. The normalized spacial score (nSPS) is 12.0. The van der Waals surface area contributed by atoms with Gasteiger partial charge in [-0.3, -0.25) is 0 Å². The molecule has 5 heterocycles. The minimum absolute atomic E-state index is 0.377. The monoisotopic (exact) mass is 1000 g/mol. The molecule has 0 N–H and O–H groups in total. The summed E-state index contributed by atoms with van der Waals surface area (Å²) in [6.07, 6.45) is 0. The summed E-state index contributed by atoms with van der Waals surface area (Å²) in [5, 5.41) is 38.0. The number of fused-ring (bicyclic) bond motifs is 17. The number of nitrogens with zero attached hydrogens (tertiary/aromatic N) is 6. The highest BCUT2D eigenvalue weighted by atomic mass is 16.3. The van der Waals surface area contributed by atoms with Gasteiger partial charge >= 0.3 is 0 Å². The third-order valence-electron chi connectivity index (χ3n) is 16.6. The molecule has 17 rings (SSSR count). The molecule has 0 aliphatic rings. The first-order chi connectivity index (χ1) is 39.2. The van der Waals surface area contributed by atoms with Crippen LogP contribution in [0.25, 0.3) is 154 Å². The van der Waals surface area contributed by atoms with Crippen molar-refractivity contribution >= 4 is 120 Å². The average molecular weight is 1010 g/mol. The van der Waals surface area contributed by atoms with Crippen LogP contribution in [-0.2, 0) is 0 Å². The van der Waals surface area contributed by atoms with E-state index in [9.17, 15) is 10.5 Å². The predicted molar refractivity (Wildman–Crippen MR) is 323 cm³/mol. The molecule has 17 aromatic rings.